The van der Waals surface area contributed by atoms with Crippen LogP contribution in [0.5, 0.6) is 11.5 Å². The summed E-state index contributed by atoms with van der Waals surface area (Å²) in [6, 6.07) is 19.4. The van der Waals surface area contributed by atoms with Crippen molar-refractivity contribution >= 4 is 5.71 Å². The second kappa shape index (κ2) is 5.88. The Kier molecular flexibility index (Phi) is 3.38. The van der Waals surface area contributed by atoms with Crippen molar-refractivity contribution in [2.24, 2.45) is 5.10 Å². The molecule has 5 heteroatoms. The van der Waals surface area contributed by atoms with E-state index in [0.29, 0.717) is 6.42 Å². The summed E-state index contributed by atoms with van der Waals surface area (Å²) >= 11 is 0. The summed E-state index contributed by atoms with van der Waals surface area (Å²) in [4.78, 5) is 4.23. The maximum atomic E-state index is 10.2. The van der Waals surface area contributed by atoms with Crippen molar-refractivity contribution in [3.63, 3.8) is 0 Å². The van der Waals surface area contributed by atoms with Crippen LogP contribution in [-0.2, 0) is 0 Å². The number of nitrogens with zero attached hydrogens (tertiary/aromatic N) is 3. The topological polar surface area (TPSA) is 58.0 Å². The van der Waals surface area contributed by atoms with E-state index in [4.69, 9.17) is 9.84 Å². The Morgan fingerprint density at radius 1 is 1.00 bits per heavy atom. The van der Waals surface area contributed by atoms with E-state index >= 15 is 0 Å². The summed E-state index contributed by atoms with van der Waals surface area (Å²) < 4.78 is 6.26. The fraction of sp³-hybridized carbons (Fsp3) is 0.143. The number of hydrogen-bond donors (Lipinski definition) is 1. The fourth-order valence-electron chi connectivity index (χ4n) is 3.66. The van der Waals surface area contributed by atoms with Crippen molar-refractivity contribution in [1.29, 1.82) is 0 Å². The summed E-state index contributed by atoms with van der Waals surface area (Å²) in [5.41, 5.74) is 3.70. The SMILES string of the molecule is Oc1ccccc1C1=NN2[C@@H](C1)c1ccccc1O[C@H]2c1cccnc1. The van der Waals surface area contributed by atoms with Crippen LogP contribution in [-0.4, -0.2) is 20.8 Å². The monoisotopic (exact) mass is 343 g/mol. The molecule has 2 aliphatic rings. The number of rotatable bonds is 2. The highest BCUT2D eigenvalue weighted by Gasteiger charge is 2.41. The van der Waals surface area contributed by atoms with Crippen LogP contribution in [0.3, 0.4) is 0 Å². The Bertz CT molecular complexity index is 987. The molecule has 0 fully saturated rings. The van der Waals surface area contributed by atoms with E-state index in [0.717, 1.165) is 28.2 Å². The van der Waals surface area contributed by atoms with Gasteiger partial charge in [-0.3, -0.25) is 4.98 Å². The van der Waals surface area contributed by atoms with Crippen molar-refractivity contribution in [3.8, 4) is 11.5 Å². The molecule has 2 aliphatic heterocycles. The predicted molar refractivity (Wildman–Crippen MR) is 97.9 cm³/mol. The van der Waals surface area contributed by atoms with Gasteiger partial charge in [-0.05, 0) is 24.3 Å². The van der Waals surface area contributed by atoms with E-state index in [9.17, 15) is 5.11 Å². The summed E-state index contributed by atoms with van der Waals surface area (Å²) in [5, 5.41) is 17.1. The molecule has 0 amide bonds. The minimum absolute atomic E-state index is 0.0692. The second-order valence-corrected chi connectivity index (χ2v) is 6.46. The van der Waals surface area contributed by atoms with Gasteiger partial charge in [0.25, 0.3) is 0 Å². The third-order valence-electron chi connectivity index (χ3n) is 4.88. The molecule has 0 spiro atoms. The quantitative estimate of drug-likeness (QED) is 0.763. The van der Waals surface area contributed by atoms with E-state index in [1.807, 2.05) is 59.7 Å². The molecule has 1 aromatic heterocycles. The minimum Gasteiger partial charge on any atom is -0.507 e. The predicted octanol–water partition coefficient (Wildman–Crippen LogP) is 4.03. The lowest BCUT2D eigenvalue weighted by Crippen LogP contribution is -2.33. The maximum Gasteiger partial charge on any atom is 0.215 e. The van der Waals surface area contributed by atoms with Gasteiger partial charge in [-0.1, -0.05) is 36.4 Å². The van der Waals surface area contributed by atoms with E-state index < -0.39 is 0 Å². The molecule has 0 saturated heterocycles. The Morgan fingerprint density at radius 2 is 1.85 bits per heavy atom. The van der Waals surface area contributed by atoms with Crippen molar-refractivity contribution in [3.05, 3.63) is 89.7 Å². The number of phenols is 1. The molecule has 0 saturated carbocycles. The van der Waals surface area contributed by atoms with Gasteiger partial charge >= 0.3 is 0 Å². The van der Waals surface area contributed by atoms with Crippen molar-refractivity contribution in [2.75, 3.05) is 0 Å². The molecule has 2 aromatic carbocycles. The third-order valence-corrected chi connectivity index (χ3v) is 4.88. The first kappa shape index (κ1) is 15.0. The first-order chi connectivity index (χ1) is 12.8. The molecule has 5 rings (SSSR count). The van der Waals surface area contributed by atoms with E-state index in [-0.39, 0.29) is 18.0 Å². The zero-order valence-electron chi connectivity index (χ0n) is 14.0. The van der Waals surface area contributed by atoms with Gasteiger partial charge in [0.2, 0.25) is 6.23 Å². The van der Waals surface area contributed by atoms with Crippen LogP contribution in [0.2, 0.25) is 0 Å². The molecular formula is C21H17N3O2. The van der Waals surface area contributed by atoms with Gasteiger partial charge in [0.15, 0.2) is 0 Å². The molecule has 3 aromatic rings. The maximum absolute atomic E-state index is 10.2. The second-order valence-electron chi connectivity index (χ2n) is 6.46. The Morgan fingerprint density at radius 3 is 2.69 bits per heavy atom. The van der Waals surface area contributed by atoms with Crippen LogP contribution in [0.1, 0.15) is 35.4 Å². The lowest BCUT2D eigenvalue weighted by atomic mass is 9.96. The Balaban J connectivity index is 1.62. The molecule has 0 unspecified atom stereocenters. The zero-order valence-corrected chi connectivity index (χ0v) is 14.0. The number of aromatic hydroxyl groups is 1. The molecule has 26 heavy (non-hydrogen) atoms. The molecular weight excluding hydrogens is 326 g/mol. The number of ether oxygens (including phenoxy) is 1. The van der Waals surface area contributed by atoms with Crippen LogP contribution in [0.25, 0.3) is 0 Å². The summed E-state index contributed by atoms with van der Waals surface area (Å²) in [5.74, 6) is 1.12. The van der Waals surface area contributed by atoms with Crippen LogP contribution >= 0.6 is 0 Å². The molecule has 128 valence electrons. The van der Waals surface area contributed by atoms with Gasteiger partial charge < -0.3 is 9.84 Å². The smallest absolute Gasteiger partial charge is 0.215 e. The van der Waals surface area contributed by atoms with Crippen molar-refractivity contribution in [2.45, 2.75) is 18.7 Å². The number of phenolic OH excluding ortho intramolecular Hbond substituents is 1. The van der Waals surface area contributed by atoms with Gasteiger partial charge in [0.1, 0.15) is 11.5 Å². The first-order valence-corrected chi connectivity index (χ1v) is 8.61. The van der Waals surface area contributed by atoms with Crippen LogP contribution in [0.4, 0.5) is 0 Å². The highest BCUT2D eigenvalue weighted by Crippen LogP contribution is 2.47. The Labute approximate surface area is 151 Å². The van der Waals surface area contributed by atoms with E-state index in [1.54, 1.807) is 12.3 Å². The molecule has 1 N–H and O–H groups in total. The third kappa shape index (κ3) is 2.32. The number of fused-ring (bicyclic) bond motifs is 3. The average molecular weight is 343 g/mol. The Hall–Kier alpha value is -3.34. The van der Waals surface area contributed by atoms with Crippen LogP contribution in [0, 0.1) is 0 Å². The van der Waals surface area contributed by atoms with E-state index in [1.165, 1.54) is 0 Å². The summed E-state index contributed by atoms with van der Waals surface area (Å²) in [6.07, 6.45) is 3.93. The van der Waals surface area contributed by atoms with Gasteiger partial charge in [0, 0.05) is 35.5 Å². The normalized spacial score (nSPS) is 20.8. The van der Waals surface area contributed by atoms with Crippen molar-refractivity contribution < 1.29 is 9.84 Å². The fourth-order valence-corrected chi connectivity index (χ4v) is 3.66. The standard InChI is InChI=1S/C21H17N3O2/c25-19-9-3-1-7-15(19)17-12-18-16-8-2-4-10-20(16)26-21(24(18)23-17)14-6-5-11-22-13-14/h1-11,13,18,21,25H,12H2/t18-,21-/m0/s1. The van der Waals surface area contributed by atoms with Crippen molar-refractivity contribution in [1.82, 2.24) is 9.99 Å². The molecule has 0 radical (unpaired) electrons. The van der Waals surface area contributed by atoms with Crippen LogP contribution in [0.15, 0.2) is 78.2 Å². The zero-order chi connectivity index (χ0) is 17.5. The van der Waals surface area contributed by atoms with Crippen LogP contribution < -0.4 is 4.74 Å². The lowest BCUT2D eigenvalue weighted by Gasteiger charge is -2.38. The van der Waals surface area contributed by atoms with E-state index in [2.05, 4.69) is 11.1 Å². The number of hydrazone groups is 1. The molecule has 2 atom stereocenters. The number of para-hydroxylation sites is 2. The molecule has 3 heterocycles. The lowest BCUT2D eigenvalue weighted by molar-refractivity contribution is -0.0192. The number of aromatic nitrogens is 1. The molecule has 0 bridgehead atoms. The highest BCUT2D eigenvalue weighted by molar-refractivity contribution is 6.04. The number of pyridine rings is 1. The minimum atomic E-state index is -0.341. The average Bonchev–Trinajstić information content (AvgIpc) is 3.14. The summed E-state index contributed by atoms with van der Waals surface area (Å²) in [7, 11) is 0. The van der Waals surface area contributed by atoms with Gasteiger partial charge in [-0.25, -0.2) is 5.01 Å². The summed E-state index contributed by atoms with van der Waals surface area (Å²) in [6.45, 7) is 0. The number of hydrogen-bond acceptors (Lipinski definition) is 5. The van der Waals surface area contributed by atoms with Gasteiger partial charge in [-0.2, -0.15) is 5.10 Å². The van der Waals surface area contributed by atoms with Gasteiger partial charge in [0.05, 0.1) is 11.8 Å². The largest absolute Gasteiger partial charge is 0.507 e. The first-order valence-electron chi connectivity index (χ1n) is 8.61. The van der Waals surface area contributed by atoms with Gasteiger partial charge in [-0.15, -0.1) is 0 Å². The molecule has 0 aliphatic carbocycles. The highest BCUT2D eigenvalue weighted by atomic mass is 16.5. The number of benzene rings is 2. The molecule has 5 nitrogen and oxygen atoms in total.